The van der Waals surface area contributed by atoms with E-state index in [-0.39, 0.29) is 17.7 Å². The predicted octanol–water partition coefficient (Wildman–Crippen LogP) is 4.79. The Morgan fingerprint density at radius 1 is 1.17 bits per heavy atom. The number of rotatable bonds is 6. The number of aromatic nitrogens is 3. The van der Waals surface area contributed by atoms with Gasteiger partial charge in [-0.25, -0.2) is 9.07 Å². The Labute approximate surface area is 170 Å². The number of nitrogens with zero attached hydrogens (tertiary/aromatic N) is 3. The van der Waals surface area contributed by atoms with Crippen molar-refractivity contribution < 1.29 is 13.9 Å². The first-order valence-electron chi connectivity index (χ1n) is 8.95. The van der Waals surface area contributed by atoms with Crippen LogP contribution in [0.15, 0.2) is 66.0 Å². The highest BCUT2D eigenvalue weighted by Gasteiger charge is 2.16. The summed E-state index contributed by atoms with van der Waals surface area (Å²) in [6.07, 6.45) is 0. The zero-order chi connectivity index (χ0) is 20.2. The summed E-state index contributed by atoms with van der Waals surface area (Å²) in [6, 6.07) is 16.8. The molecule has 1 N–H and O–H groups in total. The molecule has 8 heteroatoms. The molecule has 0 bridgehead atoms. The quantitative estimate of drug-likeness (QED) is 0.498. The largest absolute Gasteiger partial charge is 0.463 e. The van der Waals surface area contributed by atoms with Crippen molar-refractivity contribution in [3.63, 3.8) is 0 Å². The zero-order valence-corrected chi connectivity index (χ0v) is 16.3. The van der Waals surface area contributed by atoms with Crippen LogP contribution >= 0.6 is 11.3 Å². The summed E-state index contributed by atoms with van der Waals surface area (Å²) in [6.45, 7) is 2.33. The van der Waals surface area contributed by atoms with Gasteiger partial charge in [-0.15, -0.1) is 16.4 Å². The number of carbonyl (C=O) groups excluding carboxylic acids is 1. The molecule has 0 fully saturated rings. The normalized spacial score (nSPS) is 10.7. The fraction of sp³-hybridized carbons (Fsp3) is 0.0952. The summed E-state index contributed by atoms with van der Waals surface area (Å²) < 4.78 is 20.2. The predicted molar refractivity (Wildman–Crippen MR) is 110 cm³/mol. The highest BCUT2D eigenvalue weighted by atomic mass is 32.1. The number of ether oxygens (including phenoxy) is 1. The molecule has 2 heterocycles. The van der Waals surface area contributed by atoms with Gasteiger partial charge in [0.15, 0.2) is 5.82 Å². The maximum atomic E-state index is 13.1. The molecule has 1 amide bonds. The van der Waals surface area contributed by atoms with Gasteiger partial charge in [0, 0.05) is 11.3 Å². The van der Waals surface area contributed by atoms with E-state index in [9.17, 15) is 9.18 Å². The third kappa shape index (κ3) is 4.17. The smallest absolute Gasteiger partial charge is 0.336 e. The van der Waals surface area contributed by atoms with Crippen LogP contribution in [-0.2, 0) is 0 Å². The van der Waals surface area contributed by atoms with Crippen molar-refractivity contribution in [2.24, 2.45) is 0 Å². The molecule has 4 rings (SSSR count). The summed E-state index contributed by atoms with van der Waals surface area (Å²) in [5, 5.41) is 9.24. The first kappa shape index (κ1) is 18.8. The van der Waals surface area contributed by atoms with Crippen LogP contribution in [0.25, 0.3) is 16.4 Å². The van der Waals surface area contributed by atoms with Gasteiger partial charge >= 0.3 is 6.01 Å². The molecule has 0 saturated heterocycles. The third-order valence-electron chi connectivity index (χ3n) is 4.06. The first-order valence-corrected chi connectivity index (χ1v) is 9.83. The Morgan fingerprint density at radius 2 is 2.00 bits per heavy atom. The number of amides is 1. The molecule has 0 aliphatic rings. The lowest BCUT2D eigenvalue weighted by Crippen LogP contribution is -2.12. The van der Waals surface area contributed by atoms with Crippen LogP contribution in [-0.4, -0.2) is 27.3 Å². The van der Waals surface area contributed by atoms with Crippen LogP contribution < -0.4 is 10.1 Å². The maximum Gasteiger partial charge on any atom is 0.336 e. The Hall–Kier alpha value is -3.52. The topological polar surface area (TPSA) is 69.0 Å². The van der Waals surface area contributed by atoms with E-state index >= 15 is 0 Å². The molecular weight excluding hydrogens is 391 g/mol. The number of halogens is 1. The minimum atomic E-state index is -0.388. The molecule has 0 atom stereocenters. The second kappa shape index (κ2) is 8.24. The van der Waals surface area contributed by atoms with Crippen LogP contribution in [0, 0.1) is 5.82 Å². The summed E-state index contributed by atoms with van der Waals surface area (Å²) in [5.74, 6) is -0.0550. The van der Waals surface area contributed by atoms with Gasteiger partial charge in [0.2, 0.25) is 0 Å². The molecule has 2 aromatic carbocycles. The Bertz CT molecular complexity index is 1120. The number of nitrogens with one attached hydrogen (secondary N) is 1. The van der Waals surface area contributed by atoms with E-state index < -0.39 is 0 Å². The molecule has 6 nitrogen and oxygen atoms in total. The number of hydrogen-bond donors (Lipinski definition) is 1. The molecule has 0 aliphatic carbocycles. The molecule has 0 radical (unpaired) electrons. The van der Waals surface area contributed by atoms with E-state index in [4.69, 9.17) is 4.74 Å². The Kier molecular flexibility index (Phi) is 5.35. The lowest BCUT2D eigenvalue weighted by Gasteiger charge is -2.09. The van der Waals surface area contributed by atoms with E-state index in [2.05, 4.69) is 15.4 Å². The molecule has 0 spiro atoms. The van der Waals surface area contributed by atoms with Gasteiger partial charge in [0.05, 0.1) is 17.2 Å². The van der Waals surface area contributed by atoms with Crippen molar-refractivity contribution in [3.05, 3.63) is 77.4 Å². The first-order chi connectivity index (χ1) is 14.1. The average molecular weight is 408 g/mol. The van der Waals surface area contributed by atoms with E-state index in [0.29, 0.717) is 23.7 Å². The Morgan fingerprint density at radius 3 is 2.72 bits per heavy atom. The monoisotopic (exact) mass is 408 g/mol. The maximum absolute atomic E-state index is 13.1. The molecule has 0 saturated carbocycles. The fourth-order valence-electron chi connectivity index (χ4n) is 2.75. The van der Waals surface area contributed by atoms with E-state index in [1.54, 1.807) is 28.2 Å². The second-order valence-electron chi connectivity index (χ2n) is 6.05. The molecule has 0 unspecified atom stereocenters. The van der Waals surface area contributed by atoms with Gasteiger partial charge in [-0.05, 0) is 60.8 Å². The highest BCUT2D eigenvalue weighted by molar-refractivity contribution is 7.13. The van der Waals surface area contributed by atoms with Gasteiger partial charge in [0.25, 0.3) is 5.91 Å². The van der Waals surface area contributed by atoms with Crippen LogP contribution in [0.1, 0.15) is 17.3 Å². The highest BCUT2D eigenvalue weighted by Crippen LogP contribution is 2.28. The molecule has 4 aromatic rings. The van der Waals surface area contributed by atoms with E-state index in [0.717, 1.165) is 10.6 Å². The van der Waals surface area contributed by atoms with Crippen molar-refractivity contribution >= 4 is 22.9 Å². The summed E-state index contributed by atoms with van der Waals surface area (Å²) in [4.78, 5) is 17.9. The van der Waals surface area contributed by atoms with Crippen LogP contribution in [0.3, 0.4) is 0 Å². The van der Waals surface area contributed by atoms with Crippen LogP contribution in [0.2, 0.25) is 0 Å². The standard InChI is InChI=1S/C21H17FN4O2S/c1-2-28-21-24-19(18-7-4-12-29-18)26(25-21)17-6-3-5-16(13-17)23-20(27)14-8-10-15(22)11-9-14/h3-13H,2H2,1H3,(H,23,27). The minimum Gasteiger partial charge on any atom is -0.463 e. The fourth-order valence-corrected chi connectivity index (χ4v) is 3.45. The number of carbonyl (C=O) groups is 1. The third-order valence-corrected chi connectivity index (χ3v) is 4.92. The summed E-state index contributed by atoms with van der Waals surface area (Å²) >= 11 is 1.55. The number of thiophene rings is 1. The summed E-state index contributed by atoms with van der Waals surface area (Å²) in [5.41, 5.74) is 1.68. The van der Waals surface area contributed by atoms with Gasteiger partial charge in [-0.3, -0.25) is 4.79 Å². The van der Waals surface area contributed by atoms with Crippen molar-refractivity contribution in [3.8, 4) is 22.4 Å². The van der Waals surface area contributed by atoms with Crippen LogP contribution in [0.4, 0.5) is 10.1 Å². The number of hydrogen-bond acceptors (Lipinski definition) is 5. The average Bonchev–Trinajstić information content (AvgIpc) is 3.39. The van der Waals surface area contributed by atoms with Gasteiger partial charge in [-0.1, -0.05) is 12.1 Å². The van der Waals surface area contributed by atoms with Crippen LogP contribution in [0.5, 0.6) is 6.01 Å². The molecule has 2 aromatic heterocycles. The van der Waals surface area contributed by atoms with Crippen molar-refractivity contribution in [2.45, 2.75) is 6.92 Å². The minimum absolute atomic E-state index is 0.289. The second-order valence-corrected chi connectivity index (χ2v) is 7.00. The SMILES string of the molecule is CCOc1nc(-c2cccs2)n(-c2cccc(NC(=O)c3ccc(F)cc3)c2)n1. The van der Waals surface area contributed by atoms with Crippen molar-refractivity contribution in [1.29, 1.82) is 0 Å². The van der Waals surface area contributed by atoms with E-state index in [1.807, 2.05) is 36.6 Å². The summed E-state index contributed by atoms with van der Waals surface area (Å²) in [7, 11) is 0. The lowest BCUT2D eigenvalue weighted by molar-refractivity contribution is 0.102. The van der Waals surface area contributed by atoms with Gasteiger partial charge in [-0.2, -0.15) is 4.98 Å². The van der Waals surface area contributed by atoms with Gasteiger partial charge in [0.1, 0.15) is 5.82 Å². The van der Waals surface area contributed by atoms with Crippen molar-refractivity contribution in [1.82, 2.24) is 14.8 Å². The molecule has 0 aliphatic heterocycles. The van der Waals surface area contributed by atoms with Crippen molar-refractivity contribution in [2.75, 3.05) is 11.9 Å². The molecule has 29 heavy (non-hydrogen) atoms. The zero-order valence-electron chi connectivity index (χ0n) is 15.5. The molecule has 146 valence electrons. The number of anilines is 1. The molecular formula is C21H17FN4O2S. The van der Waals surface area contributed by atoms with Gasteiger partial charge < -0.3 is 10.1 Å². The lowest BCUT2D eigenvalue weighted by atomic mass is 10.2. The number of benzene rings is 2. The Balaban J connectivity index is 1.65. The van der Waals surface area contributed by atoms with E-state index in [1.165, 1.54) is 24.3 Å².